The van der Waals surface area contributed by atoms with E-state index in [0.717, 1.165) is 29.3 Å². The van der Waals surface area contributed by atoms with Crippen LogP contribution >= 0.6 is 23.4 Å². The lowest BCUT2D eigenvalue weighted by Gasteiger charge is -2.07. The molecule has 0 bridgehead atoms. The molecule has 1 heterocycles. The minimum absolute atomic E-state index is 0. The summed E-state index contributed by atoms with van der Waals surface area (Å²) in [6, 6.07) is 29.6. The second-order valence-electron chi connectivity index (χ2n) is 6.90. The van der Waals surface area contributed by atoms with Gasteiger partial charge in [-0.25, -0.2) is 0 Å². The van der Waals surface area contributed by atoms with Crippen molar-refractivity contribution in [3.63, 3.8) is 0 Å². The standard InChI is InChI=1S/C25H23ClNS.HI/c26-23-14-5-7-16-25(23)28-22-18-21-13-4-6-15-24(21)27(19-22)17-9-8-12-20-10-2-1-3-11-20;/h1-7,10-11,13-16,18-19H,8-9,12,17H2;1H/q+1;/p-1. The Bertz CT molecular complexity index is 1070. The SMILES string of the molecule is Clc1ccccc1Sc1cc2ccccc2[n+](CCCCc2ccccc2)c1.[I-]. The van der Waals surface area contributed by atoms with Gasteiger partial charge < -0.3 is 24.0 Å². The number of unbranched alkanes of at least 4 members (excludes halogenated alkanes) is 1. The zero-order chi connectivity index (χ0) is 19.2. The predicted octanol–water partition coefficient (Wildman–Crippen LogP) is 3.96. The van der Waals surface area contributed by atoms with E-state index in [4.69, 9.17) is 11.6 Å². The molecule has 0 spiro atoms. The Hall–Kier alpha value is -1.56. The quantitative estimate of drug-likeness (QED) is 0.198. The summed E-state index contributed by atoms with van der Waals surface area (Å²) < 4.78 is 2.39. The highest BCUT2D eigenvalue weighted by Gasteiger charge is 2.13. The van der Waals surface area contributed by atoms with E-state index in [2.05, 4.69) is 77.5 Å². The summed E-state index contributed by atoms with van der Waals surface area (Å²) in [7, 11) is 0. The largest absolute Gasteiger partial charge is 1.00 e. The Morgan fingerprint density at radius 1 is 0.793 bits per heavy atom. The van der Waals surface area contributed by atoms with E-state index < -0.39 is 0 Å². The fourth-order valence-electron chi connectivity index (χ4n) is 3.44. The number of aryl methyl sites for hydroxylation is 2. The van der Waals surface area contributed by atoms with Crippen LogP contribution < -0.4 is 28.5 Å². The average molecular weight is 532 g/mol. The van der Waals surface area contributed by atoms with Crippen molar-refractivity contribution in [2.75, 3.05) is 0 Å². The summed E-state index contributed by atoms with van der Waals surface area (Å²) in [5.74, 6) is 0. The predicted molar refractivity (Wildman–Crippen MR) is 119 cm³/mol. The maximum absolute atomic E-state index is 6.37. The fourth-order valence-corrected chi connectivity index (χ4v) is 4.62. The second-order valence-corrected chi connectivity index (χ2v) is 8.43. The Balaban J connectivity index is 0.00000240. The first-order valence-corrected chi connectivity index (χ1v) is 10.9. The Kier molecular flexibility index (Phi) is 8.40. The highest BCUT2D eigenvalue weighted by Crippen LogP contribution is 2.33. The number of halogens is 2. The molecule has 1 nitrogen and oxygen atoms in total. The summed E-state index contributed by atoms with van der Waals surface area (Å²) >= 11 is 8.09. The molecule has 0 fully saturated rings. The molecule has 4 rings (SSSR count). The molecule has 0 aliphatic rings. The molecule has 148 valence electrons. The van der Waals surface area contributed by atoms with E-state index in [1.54, 1.807) is 11.8 Å². The van der Waals surface area contributed by atoms with Gasteiger partial charge in [-0.05, 0) is 42.7 Å². The fraction of sp³-hybridized carbons (Fsp3) is 0.160. The van der Waals surface area contributed by atoms with Crippen LogP contribution in [0.2, 0.25) is 5.02 Å². The molecule has 29 heavy (non-hydrogen) atoms. The van der Waals surface area contributed by atoms with Crippen LogP contribution in [-0.2, 0) is 13.0 Å². The first kappa shape index (κ1) is 22.1. The van der Waals surface area contributed by atoms with Gasteiger partial charge in [0.2, 0.25) is 5.52 Å². The maximum Gasteiger partial charge on any atom is 0.212 e. The molecule has 0 saturated carbocycles. The summed E-state index contributed by atoms with van der Waals surface area (Å²) in [6.45, 7) is 1.02. The molecule has 0 amide bonds. The van der Waals surface area contributed by atoms with Crippen LogP contribution in [0.3, 0.4) is 0 Å². The van der Waals surface area contributed by atoms with Crippen LogP contribution in [0.25, 0.3) is 10.9 Å². The van der Waals surface area contributed by atoms with Crippen molar-refractivity contribution in [1.82, 2.24) is 0 Å². The molecule has 0 N–H and O–H groups in total. The van der Waals surface area contributed by atoms with E-state index in [9.17, 15) is 0 Å². The van der Waals surface area contributed by atoms with Gasteiger partial charge in [0, 0.05) is 22.8 Å². The summed E-state index contributed by atoms with van der Waals surface area (Å²) in [5.41, 5.74) is 2.70. The zero-order valence-electron chi connectivity index (χ0n) is 16.1. The normalized spacial score (nSPS) is 10.7. The van der Waals surface area contributed by atoms with E-state index in [1.807, 2.05) is 18.2 Å². The lowest BCUT2D eigenvalue weighted by Crippen LogP contribution is -3.00. The number of pyridine rings is 1. The van der Waals surface area contributed by atoms with Crippen molar-refractivity contribution in [3.8, 4) is 0 Å². The van der Waals surface area contributed by atoms with Crippen LogP contribution in [0.1, 0.15) is 18.4 Å². The van der Waals surface area contributed by atoms with Gasteiger partial charge in [0.25, 0.3) is 0 Å². The highest BCUT2D eigenvalue weighted by atomic mass is 127. The van der Waals surface area contributed by atoms with Gasteiger partial charge in [0.05, 0.1) is 9.92 Å². The van der Waals surface area contributed by atoms with E-state index in [1.165, 1.54) is 27.8 Å². The molecular weight excluding hydrogens is 509 g/mol. The number of hydrogen-bond acceptors (Lipinski definition) is 1. The highest BCUT2D eigenvalue weighted by molar-refractivity contribution is 7.99. The third-order valence-corrected chi connectivity index (χ3v) is 6.33. The van der Waals surface area contributed by atoms with E-state index in [0.29, 0.717) is 0 Å². The first-order valence-electron chi connectivity index (χ1n) is 9.68. The van der Waals surface area contributed by atoms with Crippen molar-refractivity contribution < 1.29 is 28.5 Å². The average Bonchev–Trinajstić information content (AvgIpc) is 2.73. The van der Waals surface area contributed by atoms with E-state index >= 15 is 0 Å². The summed E-state index contributed by atoms with van der Waals surface area (Å²) in [4.78, 5) is 2.31. The van der Waals surface area contributed by atoms with Gasteiger partial charge in [-0.3, -0.25) is 0 Å². The number of fused-ring (bicyclic) bond motifs is 1. The third-order valence-electron chi connectivity index (χ3n) is 4.85. The lowest BCUT2D eigenvalue weighted by molar-refractivity contribution is -0.673. The summed E-state index contributed by atoms with van der Waals surface area (Å²) in [6.07, 6.45) is 5.74. The number of hydrogen-bond donors (Lipinski definition) is 0. The summed E-state index contributed by atoms with van der Waals surface area (Å²) in [5, 5.41) is 2.07. The monoisotopic (exact) mass is 531 g/mol. The number of nitrogens with zero attached hydrogens (tertiary/aromatic N) is 1. The maximum atomic E-state index is 6.37. The molecule has 0 aliphatic carbocycles. The van der Waals surface area contributed by atoms with Crippen LogP contribution in [-0.4, -0.2) is 0 Å². The van der Waals surface area contributed by atoms with Crippen molar-refractivity contribution >= 4 is 34.3 Å². The van der Waals surface area contributed by atoms with Gasteiger partial charge in [0.1, 0.15) is 6.54 Å². The second kappa shape index (κ2) is 11.0. The molecule has 0 atom stereocenters. The van der Waals surface area contributed by atoms with Gasteiger partial charge in [-0.1, -0.05) is 78.0 Å². The number of benzene rings is 3. The van der Waals surface area contributed by atoms with Crippen LogP contribution in [0.15, 0.2) is 101 Å². The minimum Gasteiger partial charge on any atom is -1.00 e. The molecule has 0 unspecified atom stereocenters. The smallest absolute Gasteiger partial charge is 0.212 e. The third kappa shape index (κ3) is 5.97. The van der Waals surface area contributed by atoms with Crippen LogP contribution in [0.5, 0.6) is 0 Å². The van der Waals surface area contributed by atoms with Crippen molar-refractivity contribution in [2.45, 2.75) is 35.6 Å². The van der Waals surface area contributed by atoms with Gasteiger partial charge >= 0.3 is 0 Å². The number of para-hydroxylation sites is 1. The first-order chi connectivity index (χ1) is 13.8. The van der Waals surface area contributed by atoms with Gasteiger partial charge in [0.15, 0.2) is 6.20 Å². The molecule has 1 aromatic heterocycles. The lowest BCUT2D eigenvalue weighted by atomic mass is 10.1. The zero-order valence-corrected chi connectivity index (χ0v) is 19.8. The molecular formula is C25H23ClINS. The van der Waals surface area contributed by atoms with Crippen molar-refractivity contribution in [1.29, 1.82) is 0 Å². The molecule has 3 aromatic carbocycles. The van der Waals surface area contributed by atoms with E-state index in [-0.39, 0.29) is 24.0 Å². The van der Waals surface area contributed by atoms with Crippen molar-refractivity contribution in [2.24, 2.45) is 0 Å². The Labute approximate surface area is 199 Å². The molecule has 4 heteroatoms. The Morgan fingerprint density at radius 3 is 2.34 bits per heavy atom. The Morgan fingerprint density at radius 2 is 1.52 bits per heavy atom. The topological polar surface area (TPSA) is 3.88 Å². The number of rotatable bonds is 7. The van der Waals surface area contributed by atoms with Gasteiger partial charge in [-0.15, -0.1) is 0 Å². The molecule has 0 radical (unpaired) electrons. The van der Waals surface area contributed by atoms with Crippen LogP contribution in [0, 0.1) is 0 Å². The van der Waals surface area contributed by atoms with Crippen LogP contribution in [0.4, 0.5) is 0 Å². The minimum atomic E-state index is 0. The van der Waals surface area contributed by atoms with Crippen molar-refractivity contribution in [3.05, 3.63) is 102 Å². The molecule has 0 aliphatic heterocycles. The van der Waals surface area contributed by atoms with Gasteiger partial charge in [-0.2, -0.15) is 4.57 Å². The number of aromatic nitrogens is 1. The molecule has 0 saturated heterocycles. The molecule has 4 aromatic rings.